The van der Waals surface area contributed by atoms with Crippen molar-refractivity contribution in [3.8, 4) is 11.5 Å². The topological polar surface area (TPSA) is 81.1 Å². The van der Waals surface area contributed by atoms with E-state index in [-0.39, 0.29) is 24.9 Å². The van der Waals surface area contributed by atoms with E-state index in [9.17, 15) is 9.59 Å². The fraction of sp³-hybridized carbons (Fsp3) is 0.333. The van der Waals surface area contributed by atoms with E-state index in [1.165, 1.54) is 0 Å². The number of nitrogens with one attached hydrogen (secondary N) is 3. The lowest BCUT2D eigenvalue weighted by Crippen LogP contribution is -3.13. The molecule has 0 saturated carbocycles. The van der Waals surface area contributed by atoms with Gasteiger partial charge in [0.2, 0.25) is 0 Å². The Labute approximate surface area is 165 Å². The summed E-state index contributed by atoms with van der Waals surface area (Å²) in [6.45, 7) is 3.50. The second-order valence-corrected chi connectivity index (χ2v) is 6.36. The lowest BCUT2D eigenvalue weighted by atomic mass is 10.2. The molecule has 0 aliphatic carbocycles. The van der Waals surface area contributed by atoms with Crippen molar-refractivity contribution in [2.24, 2.45) is 0 Å². The Balaban J connectivity index is 1.79. The van der Waals surface area contributed by atoms with Gasteiger partial charge in [0, 0.05) is 18.3 Å². The maximum absolute atomic E-state index is 12.3. The maximum Gasteiger partial charge on any atom is 0.279 e. The Hall–Kier alpha value is -3.06. The van der Waals surface area contributed by atoms with Crippen LogP contribution in [-0.4, -0.2) is 45.7 Å². The molecule has 2 amide bonds. The number of quaternary nitrogens is 1. The van der Waals surface area contributed by atoms with Gasteiger partial charge in [0.15, 0.2) is 13.1 Å². The average molecular weight is 386 g/mol. The predicted molar refractivity (Wildman–Crippen MR) is 108 cm³/mol. The smallest absolute Gasteiger partial charge is 0.279 e. The van der Waals surface area contributed by atoms with Crippen LogP contribution in [0.25, 0.3) is 0 Å². The highest BCUT2D eigenvalue weighted by molar-refractivity contribution is 5.91. The Morgan fingerprint density at radius 2 is 1.61 bits per heavy atom. The number of carbonyl (C=O) groups excluding carboxylic acids is 2. The molecule has 2 aromatic rings. The quantitative estimate of drug-likeness (QED) is 0.566. The van der Waals surface area contributed by atoms with Crippen molar-refractivity contribution < 1.29 is 24.0 Å². The number of amides is 2. The molecule has 1 unspecified atom stereocenters. The Bertz CT molecular complexity index is 777. The number of anilines is 1. The fourth-order valence-corrected chi connectivity index (χ4v) is 2.68. The van der Waals surface area contributed by atoms with Gasteiger partial charge in [0.1, 0.15) is 11.5 Å². The Morgan fingerprint density at radius 3 is 2.25 bits per heavy atom. The minimum atomic E-state index is -0.145. The van der Waals surface area contributed by atoms with Crippen LogP contribution in [-0.2, 0) is 16.1 Å². The summed E-state index contributed by atoms with van der Waals surface area (Å²) in [6.07, 6.45) is 0. The van der Waals surface area contributed by atoms with E-state index >= 15 is 0 Å². The lowest BCUT2D eigenvalue weighted by molar-refractivity contribution is -0.881. The van der Waals surface area contributed by atoms with E-state index in [1.54, 1.807) is 26.4 Å². The largest absolute Gasteiger partial charge is 0.497 e. The zero-order valence-electron chi connectivity index (χ0n) is 16.6. The summed E-state index contributed by atoms with van der Waals surface area (Å²) in [6, 6.07) is 14.7. The third kappa shape index (κ3) is 6.92. The van der Waals surface area contributed by atoms with E-state index in [1.807, 2.05) is 43.3 Å². The Morgan fingerprint density at radius 1 is 0.929 bits per heavy atom. The molecule has 0 heterocycles. The monoisotopic (exact) mass is 386 g/mol. The van der Waals surface area contributed by atoms with Crippen molar-refractivity contribution in [1.29, 1.82) is 0 Å². The van der Waals surface area contributed by atoms with Gasteiger partial charge in [-0.25, -0.2) is 0 Å². The van der Waals surface area contributed by atoms with Crippen LogP contribution >= 0.6 is 0 Å². The van der Waals surface area contributed by atoms with Gasteiger partial charge in [-0.2, -0.15) is 0 Å². The maximum atomic E-state index is 12.3. The second-order valence-electron chi connectivity index (χ2n) is 6.36. The van der Waals surface area contributed by atoms with Crippen molar-refractivity contribution in [2.45, 2.75) is 13.5 Å². The van der Waals surface area contributed by atoms with Crippen molar-refractivity contribution in [3.63, 3.8) is 0 Å². The highest BCUT2D eigenvalue weighted by atomic mass is 16.5. The second kappa shape index (κ2) is 10.9. The number of ether oxygens (including phenoxy) is 2. The number of methoxy groups -OCH3 is 2. The number of likely N-dealkylation sites (N-methyl/N-ethyl adjacent to an activating group) is 1. The van der Waals surface area contributed by atoms with Gasteiger partial charge in [0.05, 0.1) is 20.8 Å². The lowest BCUT2D eigenvalue weighted by Gasteiger charge is -2.17. The van der Waals surface area contributed by atoms with Crippen molar-refractivity contribution in [3.05, 3.63) is 54.1 Å². The summed E-state index contributed by atoms with van der Waals surface area (Å²) in [4.78, 5) is 25.4. The highest BCUT2D eigenvalue weighted by Crippen LogP contribution is 2.16. The molecule has 0 radical (unpaired) electrons. The molecule has 7 nitrogen and oxygen atoms in total. The summed E-state index contributed by atoms with van der Waals surface area (Å²) in [7, 11) is 3.19. The summed E-state index contributed by atoms with van der Waals surface area (Å²) in [5, 5.41) is 5.73. The molecule has 0 aliphatic heterocycles. The summed E-state index contributed by atoms with van der Waals surface area (Å²) >= 11 is 0. The molecule has 0 bridgehead atoms. The highest BCUT2D eigenvalue weighted by Gasteiger charge is 2.16. The van der Waals surface area contributed by atoms with Gasteiger partial charge in [-0.3, -0.25) is 9.59 Å². The molecule has 150 valence electrons. The first-order chi connectivity index (χ1) is 13.5. The van der Waals surface area contributed by atoms with E-state index < -0.39 is 0 Å². The molecule has 28 heavy (non-hydrogen) atoms. The first-order valence-corrected chi connectivity index (χ1v) is 9.21. The van der Waals surface area contributed by atoms with Crippen LogP contribution in [0.4, 0.5) is 5.69 Å². The zero-order valence-corrected chi connectivity index (χ0v) is 16.6. The predicted octanol–water partition coefficient (Wildman–Crippen LogP) is 0.864. The van der Waals surface area contributed by atoms with Crippen molar-refractivity contribution >= 4 is 17.5 Å². The van der Waals surface area contributed by atoms with E-state index in [0.29, 0.717) is 24.5 Å². The van der Waals surface area contributed by atoms with Crippen LogP contribution in [0.3, 0.4) is 0 Å². The van der Waals surface area contributed by atoms with Gasteiger partial charge in [0.25, 0.3) is 11.8 Å². The van der Waals surface area contributed by atoms with E-state index in [2.05, 4.69) is 10.6 Å². The molecule has 0 spiro atoms. The molecule has 7 heteroatoms. The number of rotatable bonds is 10. The van der Waals surface area contributed by atoms with E-state index in [4.69, 9.17) is 9.47 Å². The van der Waals surface area contributed by atoms with Crippen molar-refractivity contribution in [2.75, 3.05) is 39.2 Å². The normalized spacial score (nSPS) is 11.4. The van der Waals surface area contributed by atoms with Gasteiger partial charge >= 0.3 is 0 Å². The molecule has 1 atom stereocenters. The van der Waals surface area contributed by atoms with Crippen LogP contribution in [0.15, 0.2) is 48.5 Å². The minimum Gasteiger partial charge on any atom is -0.497 e. The standard InChI is InChI=1S/C21H27N3O4/c1-4-24(15-21(26)23-17-6-5-7-19(12-17)28-3)14-20(25)22-13-16-8-10-18(27-2)11-9-16/h5-12H,4,13-15H2,1-3H3,(H,22,25)(H,23,26)/p+1. The molecular weight excluding hydrogens is 358 g/mol. The summed E-state index contributed by atoms with van der Waals surface area (Å²) in [5.74, 6) is 1.21. The first-order valence-electron chi connectivity index (χ1n) is 9.21. The number of hydrogen-bond acceptors (Lipinski definition) is 4. The van der Waals surface area contributed by atoms with Gasteiger partial charge < -0.3 is 25.0 Å². The minimum absolute atomic E-state index is 0.0955. The van der Waals surface area contributed by atoms with Crippen LogP contribution in [0.2, 0.25) is 0 Å². The molecule has 0 aromatic heterocycles. The number of carbonyl (C=O) groups is 2. The molecular formula is C21H28N3O4+. The molecule has 3 N–H and O–H groups in total. The fourth-order valence-electron chi connectivity index (χ4n) is 2.68. The molecule has 2 aromatic carbocycles. The van der Waals surface area contributed by atoms with Gasteiger partial charge in [-0.1, -0.05) is 18.2 Å². The summed E-state index contributed by atoms with van der Waals surface area (Å²) < 4.78 is 10.3. The summed E-state index contributed by atoms with van der Waals surface area (Å²) in [5.41, 5.74) is 1.66. The molecule has 0 saturated heterocycles. The van der Waals surface area contributed by atoms with E-state index in [0.717, 1.165) is 16.2 Å². The third-order valence-corrected chi connectivity index (χ3v) is 4.32. The average Bonchev–Trinajstić information content (AvgIpc) is 2.72. The van der Waals surface area contributed by atoms with Gasteiger partial charge in [-0.15, -0.1) is 0 Å². The van der Waals surface area contributed by atoms with Crippen LogP contribution in [0.1, 0.15) is 12.5 Å². The van der Waals surface area contributed by atoms with Crippen LogP contribution in [0, 0.1) is 0 Å². The first kappa shape index (κ1) is 21.2. The zero-order chi connectivity index (χ0) is 20.4. The van der Waals surface area contributed by atoms with Crippen LogP contribution in [0.5, 0.6) is 11.5 Å². The van der Waals surface area contributed by atoms with Crippen molar-refractivity contribution in [1.82, 2.24) is 5.32 Å². The Kier molecular flexibility index (Phi) is 8.30. The number of benzene rings is 2. The SMILES string of the molecule is CC[NH+](CC(=O)NCc1ccc(OC)cc1)CC(=O)Nc1cccc(OC)c1. The number of hydrogen-bond donors (Lipinski definition) is 3. The molecule has 0 aliphatic rings. The third-order valence-electron chi connectivity index (χ3n) is 4.32. The van der Waals surface area contributed by atoms with Gasteiger partial charge in [-0.05, 0) is 36.8 Å². The molecule has 2 rings (SSSR count). The molecule has 0 fully saturated rings. The van der Waals surface area contributed by atoms with Crippen LogP contribution < -0.4 is 25.0 Å².